The highest BCUT2D eigenvalue weighted by molar-refractivity contribution is 7.27. The molecule has 0 saturated carbocycles. The highest BCUT2D eigenvalue weighted by atomic mass is 32.1. The minimum atomic E-state index is 0.920. The van der Waals surface area contributed by atoms with E-state index in [4.69, 9.17) is 4.42 Å². The third-order valence-corrected chi connectivity index (χ3v) is 27.7. The predicted molar refractivity (Wildman–Crippen MR) is 533 cm³/mol. The molecule has 0 N–H and O–H groups in total. The average molecular weight is 1600 g/mol. The van der Waals surface area contributed by atoms with E-state index in [1.54, 1.807) is 0 Å². The summed E-state index contributed by atoms with van der Waals surface area (Å²) in [7, 11) is 0. The van der Waals surface area contributed by atoms with Gasteiger partial charge in [-0.1, -0.05) is 382 Å². The Balaban J connectivity index is 0.000000106. The molecule has 0 saturated heterocycles. The fraction of sp³-hybridized carbons (Fsp3) is 0. The maximum Gasteiger partial charge on any atom is 0.136 e. The van der Waals surface area contributed by atoms with Crippen LogP contribution in [0.25, 0.3) is 248 Å². The molecule has 3 aromatic heterocycles. The Hall–Kier alpha value is -15.4. The van der Waals surface area contributed by atoms with E-state index in [1.165, 1.54) is 226 Å². The van der Waals surface area contributed by atoms with Gasteiger partial charge in [0.05, 0.1) is 0 Å². The molecule has 3 heterocycles. The Labute approximate surface area is 718 Å². The van der Waals surface area contributed by atoms with Gasteiger partial charge in [0.1, 0.15) is 11.2 Å². The molecule has 26 rings (SSSR count). The lowest BCUT2D eigenvalue weighted by molar-refractivity contribution is 0.669. The van der Waals surface area contributed by atoms with E-state index in [9.17, 15) is 0 Å². The first-order valence-corrected chi connectivity index (χ1v) is 43.9. The van der Waals surface area contributed by atoms with Crippen LogP contribution < -0.4 is 0 Å². The molecule has 0 spiro atoms. The highest BCUT2D eigenvalue weighted by Crippen LogP contribution is 2.53. The average Bonchev–Trinajstić information content (AvgIpc) is 1.72. The van der Waals surface area contributed by atoms with Crippen LogP contribution in [0.2, 0.25) is 0 Å². The van der Waals surface area contributed by atoms with Gasteiger partial charge in [0, 0.05) is 56.7 Å². The van der Waals surface area contributed by atoms with E-state index in [2.05, 4.69) is 449 Å². The number of hydrogen-bond donors (Lipinski definition) is 0. The van der Waals surface area contributed by atoms with Crippen molar-refractivity contribution in [3.63, 3.8) is 0 Å². The quantitative estimate of drug-likeness (QED) is 0.138. The summed E-state index contributed by atoms with van der Waals surface area (Å²) in [6, 6.07) is 164. The molecule has 3 heteroatoms. The van der Waals surface area contributed by atoms with Crippen LogP contribution in [0.15, 0.2) is 453 Å². The third-order valence-electron chi connectivity index (χ3n) is 25.3. The van der Waals surface area contributed by atoms with Crippen LogP contribution in [-0.2, 0) is 0 Å². The largest absolute Gasteiger partial charge is 0.456 e. The molecule has 0 aliphatic rings. The summed E-state index contributed by atoms with van der Waals surface area (Å²) in [5.74, 6) is 0. The van der Waals surface area contributed by atoms with Crippen LogP contribution >= 0.6 is 22.7 Å². The Morgan fingerprint density at radius 2 is 0.488 bits per heavy atom. The summed E-state index contributed by atoms with van der Waals surface area (Å²) in [5, 5.41) is 30.7. The molecule has 0 unspecified atom stereocenters. The predicted octanol–water partition coefficient (Wildman–Crippen LogP) is 35.4. The number of thiophene rings is 2. The van der Waals surface area contributed by atoms with Crippen molar-refractivity contribution in [2.24, 2.45) is 0 Å². The van der Waals surface area contributed by atoms with Crippen molar-refractivity contribution in [1.82, 2.24) is 0 Å². The van der Waals surface area contributed by atoms with Gasteiger partial charge in [-0.3, -0.25) is 0 Å². The highest BCUT2D eigenvalue weighted by Gasteiger charge is 2.25. The number of benzene rings is 23. The van der Waals surface area contributed by atoms with E-state index in [1.807, 2.05) is 22.7 Å². The van der Waals surface area contributed by atoms with Crippen LogP contribution in [0, 0.1) is 0 Å². The molecule has 123 heavy (non-hydrogen) atoms. The maximum atomic E-state index is 6.30. The molecular weight excluding hydrogens is 1520 g/mol. The van der Waals surface area contributed by atoms with E-state index in [-0.39, 0.29) is 0 Å². The second-order valence-electron chi connectivity index (χ2n) is 32.2. The monoisotopic (exact) mass is 1590 g/mol. The molecule has 0 aliphatic carbocycles. The molecule has 0 radical (unpaired) electrons. The topological polar surface area (TPSA) is 13.1 Å². The molecule has 0 fully saturated rings. The summed E-state index contributed by atoms with van der Waals surface area (Å²) in [6.45, 7) is 0. The Morgan fingerprint density at radius 1 is 0.146 bits per heavy atom. The smallest absolute Gasteiger partial charge is 0.136 e. The number of furan rings is 1. The third kappa shape index (κ3) is 12.2. The zero-order valence-corrected chi connectivity index (χ0v) is 68.6. The fourth-order valence-electron chi connectivity index (χ4n) is 19.8. The van der Waals surface area contributed by atoms with Crippen molar-refractivity contribution in [3.05, 3.63) is 449 Å². The van der Waals surface area contributed by atoms with Crippen molar-refractivity contribution in [2.75, 3.05) is 0 Å². The standard InChI is InChI=1S/C48H30S.C36H22O.C36H22S/c1-3-13-31(14-4-1)35-27-36(32-15-5-2-6-16-32)29-37(28-35)47-41-21-11-9-19-39(41)46(40-20-10-12-22-42(40)47)34-24-26-45-44(30-34)43-25-23-33-17-7-8-18-38(33)48(43)49-45;1-2-10-23(11-3-1)35-27-14-6-8-16-29(27)36(30-17-9-7-15-28(30)35)26-18-19-33-31(21-26)32-20-24-12-4-5-13-25(24)22-34(32)37-33;1-2-12-23(13-3-1)33-26-16-6-8-18-28(26)34(29-19-9-7-17-27(29)33)31-22-24-14-4-5-15-25(24)35-30-20-10-11-21-32(30)37-36(31)35/h1-30H;2*1-22H. The minimum absolute atomic E-state index is 0.920. The lowest BCUT2D eigenvalue weighted by Crippen LogP contribution is -1.92. The minimum Gasteiger partial charge on any atom is -0.456 e. The van der Waals surface area contributed by atoms with Crippen molar-refractivity contribution < 1.29 is 4.42 Å². The van der Waals surface area contributed by atoms with E-state index in [0.717, 1.165) is 21.9 Å². The van der Waals surface area contributed by atoms with Crippen molar-refractivity contribution >= 4 is 182 Å². The van der Waals surface area contributed by atoms with Gasteiger partial charge in [-0.15, -0.1) is 22.7 Å². The van der Waals surface area contributed by atoms with Crippen molar-refractivity contribution in [1.29, 1.82) is 0 Å². The SMILES string of the molecule is c1ccc(-c2c3ccccc3c(-c3cc4ccccc4c4c3sc3ccccc34)c3ccccc23)cc1.c1ccc(-c2c3ccccc3c(-c3ccc4oc5cc6ccccc6cc5c4c3)c3ccccc23)cc1.c1ccc(-c2cc(-c3ccccc3)cc(-c3c4ccccc4c(-c4ccc5sc6c7ccccc7ccc6c5c4)c4ccccc34)c2)cc1. The Kier molecular flexibility index (Phi) is 17.4. The van der Waals surface area contributed by atoms with Gasteiger partial charge in [-0.25, -0.2) is 0 Å². The second kappa shape index (κ2) is 29.9. The number of hydrogen-bond acceptors (Lipinski definition) is 3. The molecule has 572 valence electrons. The van der Waals surface area contributed by atoms with Gasteiger partial charge in [0.15, 0.2) is 0 Å². The first kappa shape index (κ1) is 71.7. The van der Waals surface area contributed by atoms with Gasteiger partial charge in [-0.05, 0) is 247 Å². The van der Waals surface area contributed by atoms with Crippen LogP contribution in [0.3, 0.4) is 0 Å². The molecule has 0 atom stereocenters. The summed E-state index contributed by atoms with van der Waals surface area (Å²) >= 11 is 3.82. The molecule has 1 nitrogen and oxygen atoms in total. The van der Waals surface area contributed by atoms with Gasteiger partial charge >= 0.3 is 0 Å². The van der Waals surface area contributed by atoms with E-state index >= 15 is 0 Å². The van der Waals surface area contributed by atoms with Gasteiger partial charge < -0.3 is 4.42 Å². The van der Waals surface area contributed by atoms with Crippen LogP contribution in [0.1, 0.15) is 0 Å². The maximum absolute atomic E-state index is 6.30. The lowest BCUT2D eigenvalue weighted by Gasteiger charge is -2.19. The van der Waals surface area contributed by atoms with Crippen LogP contribution in [0.4, 0.5) is 0 Å². The fourth-order valence-corrected chi connectivity index (χ4v) is 22.3. The van der Waals surface area contributed by atoms with Gasteiger partial charge in [0.2, 0.25) is 0 Å². The second-order valence-corrected chi connectivity index (χ2v) is 34.3. The summed E-state index contributed by atoms with van der Waals surface area (Å²) in [6.07, 6.45) is 0. The molecule has 0 aliphatic heterocycles. The lowest BCUT2D eigenvalue weighted by atomic mass is 9.84. The van der Waals surface area contributed by atoms with E-state index in [0.29, 0.717) is 0 Å². The molecule has 0 amide bonds. The first-order chi connectivity index (χ1) is 61.0. The van der Waals surface area contributed by atoms with Crippen molar-refractivity contribution in [2.45, 2.75) is 0 Å². The Bertz CT molecular complexity index is 8510. The summed E-state index contributed by atoms with van der Waals surface area (Å²) in [5.41, 5.74) is 22.0. The molecule has 23 aromatic carbocycles. The molecule has 0 bridgehead atoms. The number of fused-ring (bicyclic) bond motifs is 20. The Morgan fingerprint density at radius 3 is 0.984 bits per heavy atom. The molecule has 26 aromatic rings. The summed E-state index contributed by atoms with van der Waals surface area (Å²) in [4.78, 5) is 0. The van der Waals surface area contributed by atoms with Crippen molar-refractivity contribution in [3.8, 4) is 89.0 Å². The van der Waals surface area contributed by atoms with E-state index < -0.39 is 0 Å². The zero-order valence-electron chi connectivity index (χ0n) is 66.9. The molecular formula is C120H74OS2. The van der Waals surface area contributed by atoms with Crippen LogP contribution in [0.5, 0.6) is 0 Å². The number of rotatable bonds is 8. The summed E-state index contributed by atoms with van der Waals surface area (Å²) < 4.78 is 11.7. The van der Waals surface area contributed by atoms with Gasteiger partial charge in [0.25, 0.3) is 0 Å². The van der Waals surface area contributed by atoms with Crippen LogP contribution in [-0.4, -0.2) is 0 Å². The zero-order chi connectivity index (χ0) is 81.0. The van der Waals surface area contributed by atoms with Gasteiger partial charge in [-0.2, -0.15) is 0 Å². The first-order valence-electron chi connectivity index (χ1n) is 42.2. The normalized spacial score (nSPS) is 11.7.